The molecular formula is C21H30Cl2O4. The van der Waals surface area contributed by atoms with Crippen LogP contribution in [0.3, 0.4) is 0 Å². The van der Waals surface area contributed by atoms with Crippen molar-refractivity contribution in [2.24, 2.45) is 28.6 Å². The number of aliphatic hydroxyl groups is 2. The third-order valence-electron chi connectivity index (χ3n) is 9.27. The number of rotatable bonds is 2. The highest BCUT2D eigenvalue weighted by atomic mass is 35.5. The van der Waals surface area contributed by atoms with Gasteiger partial charge in [0.25, 0.3) is 0 Å². The highest BCUT2D eigenvalue weighted by molar-refractivity contribution is 6.33. The third kappa shape index (κ3) is 2.30. The molecule has 4 aliphatic rings. The number of carbonyl (C=O) groups excluding carboxylic acids is 2. The second-order valence-electron chi connectivity index (χ2n) is 9.98. The number of hydrogen-bond donors (Lipinski definition) is 2. The van der Waals surface area contributed by atoms with E-state index >= 15 is 0 Å². The Kier molecular flexibility index (Phi) is 4.60. The highest BCUT2D eigenvalue weighted by Gasteiger charge is 2.73. The normalized spacial score (nSPS) is 54.8. The van der Waals surface area contributed by atoms with E-state index in [0.717, 1.165) is 25.7 Å². The fourth-order valence-corrected chi connectivity index (χ4v) is 8.90. The summed E-state index contributed by atoms with van der Waals surface area (Å²) in [7, 11) is 0. The van der Waals surface area contributed by atoms with E-state index in [1.54, 1.807) is 0 Å². The zero-order chi connectivity index (χ0) is 19.8. The smallest absolute Gasteiger partial charge is 0.190 e. The summed E-state index contributed by atoms with van der Waals surface area (Å²) < 4.78 is 0. The summed E-state index contributed by atoms with van der Waals surface area (Å²) in [6.07, 6.45) is 5.29. The molecule has 27 heavy (non-hydrogen) atoms. The van der Waals surface area contributed by atoms with Gasteiger partial charge in [0.2, 0.25) is 0 Å². The van der Waals surface area contributed by atoms with Gasteiger partial charge in [0, 0.05) is 18.3 Å². The minimum atomic E-state index is -1.53. The van der Waals surface area contributed by atoms with E-state index in [1.165, 1.54) is 0 Å². The molecule has 0 spiro atoms. The second kappa shape index (κ2) is 6.17. The van der Waals surface area contributed by atoms with E-state index in [9.17, 15) is 19.8 Å². The van der Waals surface area contributed by atoms with Crippen LogP contribution in [0.1, 0.15) is 65.2 Å². The number of fused-ring (bicyclic) bond motifs is 5. The molecule has 0 aromatic carbocycles. The summed E-state index contributed by atoms with van der Waals surface area (Å²) in [5, 5.41) is 20.3. The Morgan fingerprint density at radius 2 is 1.85 bits per heavy atom. The summed E-state index contributed by atoms with van der Waals surface area (Å²) in [5.41, 5.74) is -2.41. The van der Waals surface area contributed by atoms with Crippen molar-refractivity contribution in [1.82, 2.24) is 0 Å². The lowest BCUT2D eigenvalue weighted by Crippen LogP contribution is -2.69. The van der Waals surface area contributed by atoms with Crippen molar-refractivity contribution in [2.75, 3.05) is 6.61 Å². The lowest BCUT2D eigenvalue weighted by molar-refractivity contribution is -0.167. The molecule has 0 amide bonds. The Balaban J connectivity index is 1.76. The fourth-order valence-electron chi connectivity index (χ4n) is 7.58. The SMILES string of the molecule is C[C@]12CCC(=O)CC1CC[C@H]1[C@@H]3CC[C@](O)(C(=O)CO)[C@@]3(C)CC(Cl)[C@@]12Cl. The number of ketones is 2. The Hall–Kier alpha value is -0.160. The fraction of sp³-hybridized carbons (Fsp3) is 0.905. The maximum Gasteiger partial charge on any atom is 0.190 e. The molecule has 0 saturated heterocycles. The van der Waals surface area contributed by atoms with Crippen molar-refractivity contribution < 1.29 is 19.8 Å². The monoisotopic (exact) mass is 416 g/mol. The van der Waals surface area contributed by atoms with E-state index in [0.29, 0.717) is 31.5 Å². The first-order chi connectivity index (χ1) is 12.5. The molecule has 2 unspecified atom stereocenters. The molecule has 0 aromatic rings. The Morgan fingerprint density at radius 1 is 1.15 bits per heavy atom. The third-order valence-corrected chi connectivity index (χ3v) is 10.9. The Morgan fingerprint density at radius 3 is 2.52 bits per heavy atom. The van der Waals surface area contributed by atoms with Gasteiger partial charge in [-0.1, -0.05) is 13.8 Å². The number of hydrogen-bond acceptors (Lipinski definition) is 4. The zero-order valence-corrected chi connectivity index (χ0v) is 17.7. The Bertz CT molecular complexity index is 683. The minimum absolute atomic E-state index is 0.0981. The van der Waals surface area contributed by atoms with Gasteiger partial charge in [-0.05, 0) is 61.7 Å². The van der Waals surface area contributed by atoms with Crippen LogP contribution in [0.5, 0.6) is 0 Å². The summed E-state index contributed by atoms with van der Waals surface area (Å²) in [5.74, 6) is 0.294. The van der Waals surface area contributed by atoms with Crippen LogP contribution in [-0.4, -0.2) is 44.2 Å². The van der Waals surface area contributed by atoms with E-state index < -0.39 is 28.3 Å². The van der Waals surface area contributed by atoms with Crippen molar-refractivity contribution in [3.05, 3.63) is 0 Å². The van der Waals surface area contributed by atoms with Crippen molar-refractivity contribution in [1.29, 1.82) is 0 Å². The lowest BCUT2D eigenvalue weighted by Gasteiger charge is -2.66. The van der Waals surface area contributed by atoms with Gasteiger partial charge in [-0.15, -0.1) is 23.2 Å². The molecule has 4 nitrogen and oxygen atoms in total. The summed E-state index contributed by atoms with van der Waals surface area (Å²) in [6, 6.07) is 0. The maximum absolute atomic E-state index is 12.5. The van der Waals surface area contributed by atoms with Crippen LogP contribution in [0, 0.1) is 28.6 Å². The Labute approximate surface area is 171 Å². The molecule has 4 fully saturated rings. The standard InChI is InChI=1S/C21H30Cl2O4/c1-18-7-5-13(25)9-12(18)3-4-15-14-6-8-20(27,17(26)11-24)19(14,2)10-16(22)21(15,18)23/h12,14-16,24,27H,3-11H2,1-2H3/t12?,14-,15-,16?,18-,19-,20-,21-/m0/s1. The molecule has 4 rings (SSSR count). The van der Waals surface area contributed by atoms with Crippen LogP contribution in [0.2, 0.25) is 0 Å². The molecule has 0 aliphatic heterocycles. The number of alkyl halides is 2. The number of carbonyl (C=O) groups is 2. The van der Waals surface area contributed by atoms with Crippen LogP contribution in [-0.2, 0) is 9.59 Å². The largest absolute Gasteiger partial charge is 0.388 e. The maximum atomic E-state index is 12.5. The topological polar surface area (TPSA) is 74.6 Å². The molecule has 152 valence electrons. The van der Waals surface area contributed by atoms with Gasteiger partial charge < -0.3 is 10.2 Å². The van der Waals surface area contributed by atoms with Gasteiger partial charge in [-0.25, -0.2) is 0 Å². The van der Waals surface area contributed by atoms with E-state index in [4.69, 9.17) is 23.2 Å². The zero-order valence-electron chi connectivity index (χ0n) is 16.1. The summed E-state index contributed by atoms with van der Waals surface area (Å²) >= 11 is 14.5. The number of halogens is 2. The van der Waals surface area contributed by atoms with Gasteiger partial charge >= 0.3 is 0 Å². The van der Waals surface area contributed by atoms with Crippen LogP contribution in [0.4, 0.5) is 0 Å². The van der Waals surface area contributed by atoms with Crippen LogP contribution in [0.15, 0.2) is 0 Å². The molecule has 0 radical (unpaired) electrons. The van der Waals surface area contributed by atoms with Crippen molar-refractivity contribution in [3.63, 3.8) is 0 Å². The molecule has 8 atom stereocenters. The van der Waals surface area contributed by atoms with Crippen molar-refractivity contribution in [3.8, 4) is 0 Å². The highest BCUT2D eigenvalue weighted by Crippen LogP contribution is 2.72. The molecule has 0 bridgehead atoms. The quantitative estimate of drug-likeness (QED) is 0.675. The lowest BCUT2D eigenvalue weighted by atomic mass is 9.43. The number of Topliss-reactive ketones (excluding diaryl/α,β-unsaturated/α-hetero) is 2. The predicted molar refractivity (Wildman–Crippen MR) is 104 cm³/mol. The van der Waals surface area contributed by atoms with E-state index in [1.807, 2.05) is 6.92 Å². The molecular weight excluding hydrogens is 387 g/mol. The van der Waals surface area contributed by atoms with Crippen LogP contribution in [0.25, 0.3) is 0 Å². The average Bonchev–Trinajstić information content (AvgIpc) is 2.88. The van der Waals surface area contributed by atoms with Crippen LogP contribution < -0.4 is 0 Å². The van der Waals surface area contributed by atoms with Gasteiger partial charge in [0.15, 0.2) is 5.78 Å². The van der Waals surface area contributed by atoms with Gasteiger partial charge in [-0.3, -0.25) is 9.59 Å². The summed E-state index contributed by atoms with van der Waals surface area (Å²) in [6.45, 7) is 3.52. The van der Waals surface area contributed by atoms with Gasteiger partial charge in [0.1, 0.15) is 18.0 Å². The molecule has 2 N–H and O–H groups in total. The first-order valence-electron chi connectivity index (χ1n) is 10.3. The molecule has 6 heteroatoms. The van der Waals surface area contributed by atoms with E-state index in [2.05, 4.69) is 6.92 Å². The molecule has 0 aromatic heterocycles. The van der Waals surface area contributed by atoms with Crippen molar-refractivity contribution in [2.45, 2.75) is 81.1 Å². The van der Waals surface area contributed by atoms with Crippen LogP contribution >= 0.6 is 23.2 Å². The first kappa shape index (κ1) is 20.1. The van der Waals surface area contributed by atoms with E-state index in [-0.39, 0.29) is 28.5 Å². The van der Waals surface area contributed by atoms with Gasteiger partial charge in [0.05, 0.1) is 10.3 Å². The molecule has 0 heterocycles. The van der Waals surface area contributed by atoms with Gasteiger partial charge in [-0.2, -0.15) is 0 Å². The summed E-state index contributed by atoms with van der Waals surface area (Å²) in [4.78, 5) is 23.9. The minimum Gasteiger partial charge on any atom is -0.388 e. The second-order valence-corrected chi connectivity index (χ2v) is 11.1. The predicted octanol–water partition coefficient (Wildman–Crippen LogP) is 3.47. The number of aliphatic hydroxyl groups excluding tert-OH is 1. The molecule has 4 aliphatic carbocycles. The first-order valence-corrected chi connectivity index (χ1v) is 11.1. The molecule has 4 saturated carbocycles. The average molecular weight is 417 g/mol. The van der Waals surface area contributed by atoms with Crippen molar-refractivity contribution >= 4 is 34.8 Å².